The zero-order chi connectivity index (χ0) is 14.5. The molecule has 2 aromatic rings. The second-order valence-corrected chi connectivity index (χ2v) is 4.79. The second kappa shape index (κ2) is 6.12. The predicted octanol–water partition coefficient (Wildman–Crippen LogP) is 3.24. The number of para-hydroxylation sites is 1. The maximum atomic E-state index is 13.4. The van der Waals surface area contributed by atoms with E-state index in [4.69, 9.17) is 5.11 Å². The quantitative estimate of drug-likeness (QED) is 0.850. The summed E-state index contributed by atoms with van der Waals surface area (Å²) in [4.78, 5) is 22.9. The molecule has 1 heterocycles. The highest BCUT2D eigenvalue weighted by atomic mass is 32.1. The smallest absolute Gasteiger partial charge is 0.328 e. The first-order valence-corrected chi connectivity index (χ1v) is 6.49. The number of halogens is 1. The number of carboxylic acids is 1. The van der Waals surface area contributed by atoms with Crippen LogP contribution in [0.2, 0.25) is 0 Å². The Morgan fingerprint density at radius 3 is 2.75 bits per heavy atom. The van der Waals surface area contributed by atoms with Crippen molar-refractivity contribution in [3.8, 4) is 0 Å². The van der Waals surface area contributed by atoms with E-state index in [1.807, 2.05) is 0 Å². The van der Waals surface area contributed by atoms with E-state index in [2.05, 4.69) is 5.32 Å². The van der Waals surface area contributed by atoms with E-state index in [1.54, 1.807) is 17.5 Å². The van der Waals surface area contributed by atoms with E-state index in [9.17, 15) is 14.0 Å². The van der Waals surface area contributed by atoms with Crippen molar-refractivity contribution in [2.75, 3.05) is 5.32 Å². The third kappa shape index (κ3) is 3.52. The molecule has 0 saturated heterocycles. The van der Waals surface area contributed by atoms with Crippen molar-refractivity contribution in [2.24, 2.45) is 0 Å². The topological polar surface area (TPSA) is 66.4 Å². The number of thiophene rings is 1. The second-order valence-electron chi connectivity index (χ2n) is 3.84. The van der Waals surface area contributed by atoms with Gasteiger partial charge in [0.2, 0.25) is 0 Å². The first-order valence-electron chi connectivity index (χ1n) is 5.61. The highest BCUT2D eigenvalue weighted by molar-refractivity contribution is 7.11. The van der Waals surface area contributed by atoms with Gasteiger partial charge in [-0.25, -0.2) is 9.18 Å². The Balaban J connectivity index is 2.10. The van der Waals surface area contributed by atoms with Crippen molar-refractivity contribution in [1.29, 1.82) is 0 Å². The van der Waals surface area contributed by atoms with Crippen molar-refractivity contribution in [2.45, 2.75) is 0 Å². The lowest BCUT2D eigenvalue weighted by Crippen LogP contribution is -2.11. The van der Waals surface area contributed by atoms with Crippen molar-refractivity contribution in [3.63, 3.8) is 0 Å². The van der Waals surface area contributed by atoms with Gasteiger partial charge in [-0.1, -0.05) is 12.1 Å². The standard InChI is InChI=1S/C14H10FNO3S/c15-11-3-1-2-4-12(11)16-14(19)9-7-10(20-8-9)5-6-13(17)18/h1-8H,(H,16,19)(H,17,18). The molecule has 102 valence electrons. The number of anilines is 1. The summed E-state index contributed by atoms with van der Waals surface area (Å²) in [5.41, 5.74) is 0.453. The Labute approximate surface area is 118 Å². The van der Waals surface area contributed by atoms with Gasteiger partial charge in [-0.05, 0) is 24.3 Å². The highest BCUT2D eigenvalue weighted by Gasteiger charge is 2.10. The van der Waals surface area contributed by atoms with E-state index in [-0.39, 0.29) is 5.69 Å². The van der Waals surface area contributed by atoms with Crippen LogP contribution in [0, 0.1) is 5.82 Å². The van der Waals surface area contributed by atoms with Crippen LogP contribution in [0.5, 0.6) is 0 Å². The van der Waals surface area contributed by atoms with Crippen molar-refractivity contribution >= 4 is 35.0 Å². The molecule has 0 unspecified atom stereocenters. The molecule has 0 bridgehead atoms. The van der Waals surface area contributed by atoms with Crippen LogP contribution >= 0.6 is 11.3 Å². The summed E-state index contributed by atoms with van der Waals surface area (Å²) in [7, 11) is 0. The summed E-state index contributed by atoms with van der Waals surface area (Å²) in [5.74, 6) is -2.01. The van der Waals surface area contributed by atoms with E-state index in [1.165, 1.54) is 35.6 Å². The number of benzene rings is 1. The minimum Gasteiger partial charge on any atom is -0.478 e. The summed E-state index contributed by atoms with van der Waals surface area (Å²) in [6.45, 7) is 0. The van der Waals surface area contributed by atoms with Gasteiger partial charge in [0, 0.05) is 16.3 Å². The minimum atomic E-state index is -1.06. The van der Waals surface area contributed by atoms with Gasteiger partial charge in [0.25, 0.3) is 5.91 Å². The number of carboxylic acid groups (broad SMARTS) is 1. The molecule has 4 nitrogen and oxygen atoms in total. The van der Waals surface area contributed by atoms with Crippen LogP contribution in [0.25, 0.3) is 6.08 Å². The number of hydrogen-bond acceptors (Lipinski definition) is 3. The van der Waals surface area contributed by atoms with Crippen LogP contribution in [0.15, 0.2) is 41.8 Å². The molecule has 2 N–H and O–H groups in total. The average Bonchev–Trinajstić information content (AvgIpc) is 2.88. The lowest BCUT2D eigenvalue weighted by Gasteiger charge is -2.04. The van der Waals surface area contributed by atoms with Gasteiger partial charge < -0.3 is 10.4 Å². The predicted molar refractivity (Wildman–Crippen MR) is 75.3 cm³/mol. The van der Waals surface area contributed by atoms with Crippen molar-refractivity contribution < 1.29 is 19.1 Å². The number of amides is 1. The zero-order valence-electron chi connectivity index (χ0n) is 10.2. The molecular weight excluding hydrogens is 281 g/mol. The molecular formula is C14H10FNO3S. The Morgan fingerprint density at radius 1 is 1.30 bits per heavy atom. The summed E-state index contributed by atoms with van der Waals surface area (Å²) in [6.07, 6.45) is 2.39. The average molecular weight is 291 g/mol. The molecule has 20 heavy (non-hydrogen) atoms. The zero-order valence-corrected chi connectivity index (χ0v) is 11.0. The molecule has 1 aromatic carbocycles. The number of carbonyl (C=O) groups is 2. The van der Waals surface area contributed by atoms with Crippen LogP contribution in [0.1, 0.15) is 15.2 Å². The molecule has 0 aliphatic rings. The molecule has 0 fully saturated rings. The third-order valence-electron chi connectivity index (χ3n) is 2.39. The molecule has 1 aromatic heterocycles. The number of rotatable bonds is 4. The van der Waals surface area contributed by atoms with Gasteiger partial charge >= 0.3 is 5.97 Å². The molecule has 0 atom stereocenters. The summed E-state index contributed by atoms with van der Waals surface area (Å²) in [5, 5.41) is 12.6. The molecule has 2 rings (SSSR count). The van der Waals surface area contributed by atoms with E-state index in [0.29, 0.717) is 10.4 Å². The van der Waals surface area contributed by atoms with E-state index in [0.717, 1.165) is 6.08 Å². The van der Waals surface area contributed by atoms with E-state index >= 15 is 0 Å². The maximum Gasteiger partial charge on any atom is 0.328 e. The summed E-state index contributed by atoms with van der Waals surface area (Å²) < 4.78 is 13.4. The van der Waals surface area contributed by atoms with Crippen LogP contribution < -0.4 is 5.32 Å². The number of carbonyl (C=O) groups excluding carboxylic acids is 1. The van der Waals surface area contributed by atoms with Crippen LogP contribution in [0.3, 0.4) is 0 Å². The van der Waals surface area contributed by atoms with Gasteiger partial charge in [-0.2, -0.15) is 0 Å². The van der Waals surface area contributed by atoms with Crippen LogP contribution in [-0.4, -0.2) is 17.0 Å². The normalized spacial score (nSPS) is 10.7. The first kappa shape index (κ1) is 14.0. The van der Waals surface area contributed by atoms with Gasteiger partial charge in [0.05, 0.1) is 11.3 Å². The fourth-order valence-electron chi connectivity index (χ4n) is 1.47. The molecule has 0 spiro atoms. The fourth-order valence-corrected chi connectivity index (χ4v) is 2.25. The lowest BCUT2D eigenvalue weighted by atomic mass is 10.2. The molecule has 0 aliphatic carbocycles. The largest absolute Gasteiger partial charge is 0.478 e. The van der Waals surface area contributed by atoms with Gasteiger partial charge in [-0.3, -0.25) is 4.79 Å². The Bertz CT molecular complexity index is 679. The van der Waals surface area contributed by atoms with Crippen LogP contribution in [-0.2, 0) is 4.79 Å². The molecule has 0 aliphatic heterocycles. The number of nitrogens with one attached hydrogen (secondary N) is 1. The highest BCUT2D eigenvalue weighted by Crippen LogP contribution is 2.19. The fraction of sp³-hybridized carbons (Fsp3) is 0. The number of hydrogen-bond donors (Lipinski definition) is 2. The maximum absolute atomic E-state index is 13.4. The first-order chi connectivity index (χ1) is 9.56. The van der Waals surface area contributed by atoms with E-state index < -0.39 is 17.7 Å². The third-order valence-corrected chi connectivity index (χ3v) is 3.29. The number of aliphatic carboxylic acids is 1. The van der Waals surface area contributed by atoms with Gasteiger partial charge in [0.1, 0.15) is 5.82 Å². The Morgan fingerprint density at radius 2 is 2.05 bits per heavy atom. The molecule has 0 saturated carbocycles. The molecule has 1 amide bonds. The van der Waals surface area contributed by atoms with Crippen molar-refractivity contribution in [3.05, 3.63) is 58.0 Å². The SMILES string of the molecule is O=C(O)C=Cc1cc(C(=O)Nc2ccccc2F)cs1. The Kier molecular flexibility index (Phi) is 4.27. The van der Waals surface area contributed by atoms with Gasteiger partial charge in [0.15, 0.2) is 0 Å². The minimum absolute atomic E-state index is 0.103. The van der Waals surface area contributed by atoms with Crippen molar-refractivity contribution in [1.82, 2.24) is 0 Å². The van der Waals surface area contributed by atoms with Gasteiger partial charge in [-0.15, -0.1) is 11.3 Å². The summed E-state index contributed by atoms with van der Waals surface area (Å²) >= 11 is 1.23. The summed E-state index contributed by atoms with van der Waals surface area (Å²) in [6, 6.07) is 7.41. The lowest BCUT2D eigenvalue weighted by molar-refractivity contribution is -0.131. The monoisotopic (exact) mass is 291 g/mol. The van der Waals surface area contributed by atoms with Crippen LogP contribution in [0.4, 0.5) is 10.1 Å². The Hall–Kier alpha value is -2.47. The molecule has 6 heteroatoms. The molecule has 0 radical (unpaired) electrons.